The second kappa shape index (κ2) is 7.06. The summed E-state index contributed by atoms with van der Waals surface area (Å²) in [6.07, 6.45) is 5.59. The highest BCUT2D eigenvalue weighted by Gasteiger charge is 2.11. The van der Waals surface area contributed by atoms with E-state index in [1.807, 2.05) is 17.8 Å². The number of imidazole rings is 1. The van der Waals surface area contributed by atoms with E-state index in [4.69, 9.17) is 0 Å². The zero-order chi connectivity index (χ0) is 12.7. The van der Waals surface area contributed by atoms with Gasteiger partial charge in [0.2, 0.25) is 0 Å². The Morgan fingerprint density at radius 3 is 2.82 bits per heavy atom. The first-order chi connectivity index (χ1) is 8.17. The molecule has 0 amide bonds. The van der Waals surface area contributed by atoms with Crippen LogP contribution in [0.1, 0.15) is 19.2 Å². The number of hydrogen-bond acceptors (Lipinski definition) is 4. The van der Waals surface area contributed by atoms with Crippen molar-refractivity contribution in [2.75, 3.05) is 26.7 Å². The van der Waals surface area contributed by atoms with Gasteiger partial charge in [0.05, 0.1) is 13.7 Å². The smallest absolute Gasteiger partial charge is 0.319 e. The molecule has 0 saturated carbocycles. The van der Waals surface area contributed by atoms with Gasteiger partial charge in [0.25, 0.3) is 0 Å². The Morgan fingerprint density at radius 2 is 2.29 bits per heavy atom. The lowest BCUT2D eigenvalue weighted by Crippen LogP contribution is -2.33. The van der Waals surface area contributed by atoms with E-state index in [-0.39, 0.29) is 5.97 Å². The summed E-state index contributed by atoms with van der Waals surface area (Å²) >= 11 is 0. The number of carbonyl (C=O) groups excluding carboxylic acids is 1. The van der Waals surface area contributed by atoms with E-state index in [1.54, 1.807) is 6.20 Å². The molecule has 96 valence electrons. The second-order valence-corrected chi connectivity index (χ2v) is 4.06. The average molecular weight is 239 g/mol. The van der Waals surface area contributed by atoms with E-state index in [0.29, 0.717) is 6.54 Å². The second-order valence-electron chi connectivity index (χ2n) is 4.06. The summed E-state index contributed by atoms with van der Waals surface area (Å²) < 4.78 is 6.69. The number of hydrogen-bond donors (Lipinski definition) is 0. The number of ether oxygens (including phenoxy) is 1. The van der Waals surface area contributed by atoms with Crippen LogP contribution in [-0.4, -0.2) is 47.2 Å². The van der Waals surface area contributed by atoms with Crippen LogP contribution in [0.3, 0.4) is 0 Å². The number of rotatable bonds is 7. The SMILES string of the molecule is CCCN(CCc1nccn1C)CC(=O)OC. The average Bonchev–Trinajstić information content (AvgIpc) is 2.72. The van der Waals surface area contributed by atoms with Crippen molar-refractivity contribution in [1.82, 2.24) is 14.5 Å². The maximum absolute atomic E-state index is 11.2. The molecule has 0 saturated heterocycles. The normalized spacial score (nSPS) is 10.8. The number of esters is 1. The molecular weight excluding hydrogens is 218 g/mol. The molecule has 0 unspecified atom stereocenters. The molecule has 17 heavy (non-hydrogen) atoms. The zero-order valence-corrected chi connectivity index (χ0v) is 10.8. The molecule has 1 heterocycles. The lowest BCUT2D eigenvalue weighted by Gasteiger charge is -2.19. The van der Waals surface area contributed by atoms with Crippen molar-refractivity contribution in [3.63, 3.8) is 0 Å². The van der Waals surface area contributed by atoms with Crippen molar-refractivity contribution >= 4 is 5.97 Å². The van der Waals surface area contributed by atoms with Crippen LogP contribution in [0.15, 0.2) is 12.4 Å². The van der Waals surface area contributed by atoms with Gasteiger partial charge < -0.3 is 9.30 Å². The molecule has 0 N–H and O–H groups in total. The maximum atomic E-state index is 11.2. The molecule has 0 spiro atoms. The molecule has 0 radical (unpaired) electrons. The van der Waals surface area contributed by atoms with Gasteiger partial charge in [-0.15, -0.1) is 0 Å². The van der Waals surface area contributed by atoms with Gasteiger partial charge in [0.1, 0.15) is 5.82 Å². The summed E-state index contributed by atoms with van der Waals surface area (Å²) in [5.41, 5.74) is 0. The van der Waals surface area contributed by atoms with E-state index in [1.165, 1.54) is 7.11 Å². The van der Waals surface area contributed by atoms with Gasteiger partial charge in [0, 0.05) is 32.4 Å². The summed E-state index contributed by atoms with van der Waals surface area (Å²) in [6.45, 7) is 4.19. The maximum Gasteiger partial charge on any atom is 0.319 e. The van der Waals surface area contributed by atoms with Gasteiger partial charge in [-0.3, -0.25) is 9.69 Å². The Morgan fingerprint density at radius 1 is 1.53 bits per heavy atom. The summed E-state index contributed by atoms with van der Waals surface area (Å²) in [5, 5.41) is 0. The lowest BCUT2D eigenvalue weighted by molar-refractivity contribution is -0.141. The molecule has 1 aromatic heterocycles. The van der Waals surface area contributed by atoms with Gasteiger partial charge >= 0.3 is 5.97 Å². The summed E-state index contributed by atoms with van der Waals surface area (Å²) in [6, 6.07) is 0. The molecule has 0 bridgehead atoms. The molecule has 5 nitrogen and oxygen atoms in total. The minimum atomic E-state index is -0.182. The number of nitrogens with zero attached hydrogens (tertiary/aromatic N) is 3. The van der Waals surface area contributed by atoms with Crippen molar-refractivity contribution in [1.29, 1.82) is 0 Å². The highest BCUT2D eigenvalue weighted by molar-refractivity contribution is 5.71. The molecule has 1 rings (SSSR count). The van der Waals surface area contributed by atoms with Crippen LogP contribution < -0.4 is 0 Å². The number of carbonyl (C=O) groups is 1. The largest absolute Gasteiger partial charge is 0.468 e. The van der Waals surface area contributed by atoms with Crippen molar-refractivity contribution in [2.24, 2.45) is 7.05 Å². The van der Waals surface area contributed by atoms with Crippen LogP contribution >= 0.6 is 0 Å². The van der Waals surface area contributed by atoms with Gasteiger partial charge in [-0.2, -0.15) is 0 Å². The molecule has 0 atom stereocenters. The fourth-order valence-electron chi connectivity index (χ4n) is 1.73. The van der Waals surface area contributed by atoms with Crippen LogP contribution in [0.4, 0.5) is 0 Å². The Bertz CT molecular complexity index is 349. The first kappa shape index (κ1) is 13.7. The fraction of sp³-hybridized carbons (Fsp3) is 0.667. The van der Waals surface area contributed by atoms with Crippen molar-refractivity contribution in [3.05, 3.63) is 18.2 Å². The Kier molecular flexibility index (Phi) is 5.69. The third-order valence-corrected chi connectivity index (χ3v) is 2.69. The topological polar surface area (TPSA) is 47.4 Å². The third-order valence-electron chi connectivity index (χ3n) is 2.69. The molecule has 0 aromatic carbocycles. The van der Waals surface area contributed by atoms with Gasteiger partial charge in [-0.25, -0.2) is 4.98 Å². The quantitative estimate of drug-likeness (QED) is 0.662. The number of aryl methyl sites for hydroxylation is 1. The highest BCUT2D eigenvalue weighted by Crippen LogP contribution is 2.00. The Labute approximate surface area is 102 Å². The van der Waals surface area contributed by atoms with Crippen molar-refractivity contribution in [2.45, 2.75) is 19.8 Å². The van der Waals surface area contributed by atoms with Gasteiger partial charge in [0.15, 0.2) is 0 Å². The van der Waals surface area contributed by atoms with E-state index in [0.717, 1.165) is 31.8 Å². The summed E-state index contributed by atoms with van der Waals surface area (Å²) in [5.74, 6) is 0.856. The predicted octanol–water partition coefficient (Wildman–Crippen LogP) is 0.848. The van der Waals surface area contributed by atoms with Crippen LogP contribution in [0, 0.1) is 0 Å². The minimum absolute atomic E-state index is 0.182. The summed E-state index contributed by atoms with van der Waals surface area (Å²) in [4.78, 5) is 17.6. The molecular formula is C12H21N3O2. The highest BCUT2D eigenvalue weighted by atomic mass is 16.5. The first-order valence-corrected chi connectivity index (χ1v) is 5.92. The monoisotopic (exact) mass is 239 g/mol. The van der Waals surface area contributed by atoms with E-state index in [2.05, 4.69) is 21.5 Å². The van der Waals surface area contributed by atoms with E-state index >= 15 is 0 Å². The molecule has 0 aliphatic rings. The molecule has 0 aliphatic carbocycles. The van der Waals surface area contributed by atoms with Gasteiger partial charge in [-0.1, -0.05) is 6.92 Å². The Balaban J connectivity index is 2.44. The minimum Gasteiger partial charge on any atom is -0.468 e. The first-order valence-electron chi connectivity index (χ1n) is 5.92. The molecule has 0 fully saturated rings. The van der Waals surface area contributed by atoms with Crippen molar-refractivity contribution in [3.8, 4) is 0 Å². The van der Waals surface area contributed by atoms with Crippen LogP contribution in [0.2, 0.25) is 0 Å². The lowest BCUT2D eigenvalue weighted by atomic mass is 10.3. The van der Waals surface area contributed by atoms with Crippen LogP contribution in [0.5, 0.6) is 0 Å². The standard InChI is InChI=1S/C12H21N3O2/c1-4-7-15(10-12(16)17-3)8-5-11-13-6-9-14(11)2/h6,9H,4-5,7-8,10H2,1-3H3. The third kappa shape index (κ3) is 4.56. The molecule has 0 aliphatic heterocycles. The Hall–Kier alpha value is -1.36. The predicted molar refractivity (Wildman–Crippen MR) is 65.7 cm³/mol. The molecule has 5 heteroatoms. The van der Waals surface area contributed by atoms with E-state index in [9.17, 15) is 4.79 Å². The van der Waals surface area contributed by atoms with Gasteiger partial charge in [-0.05, 0) is 13.0 Å². The zero-order valence-electron chi connectivity index (χ0n) is 10.8. The van der Waals surface area contributed by atoms with Crippen LogP contribution in [-0.2, 0) is 23.0 Å². The number of methoxy groups -OCH3 is 1. The van der Waals surface area contributed by atoms with Crippen LogP contribution in [0.25, 0.3) is 0 Å². The summed E-state index contributed by atoms with van der Waals surface area (Å²) in [7, 11) is 3.40. The number of aromatic nitrogens is 2. The molecule has 1 aromatic rings. The van der Waals surface area contributed by atoms with E-state index < -0.39 is 0 Å². The fourth-order valence-corrected chi connectivity index (χ4v) is 1.73. The van der Waals surface area contributed by atoms with Crippen molar-refractivity contribution < 1.29 is 9.53 Å².